The van der Waals surface area contributed by atoms with Crippen LogP contribution in [-0.4, -0.2) is 22.5 Å². The minimum absolute atomic E-state index is 0.171. The first kappa shape index (κ1) is 10.4. The lowest BCUT2D eigenvalue weighted by Crippen LogP contribution is -2.12. The summed E-state index contributed by atoms with van der Waals surface area (Å²) in [6.07, 6.45) is 0.778. The van der Waals surface area contributed by atoms with Crippen LogP contribution in [-0.2, 0) is 16.0 Å². The highest BCUT2D eigenvalue weighted by Crippen LogP contribution is 2.10. The Hall–Kier alpha value is -1.65. The van der Waals surface area contributed by atoms with Gasteiger partial charge in [0.05, 0.1) is 12.1 Å². The summed E-state index contributed by atoms with van der Waals surface area (Å²) in [4.78, 5) is 20.9. The Balaban J connectivity index is 2.56. The standard InChI is InChI=1S/C9H11NO4/c1-6-2-8(10-14-6)3-7(5-11)4-9(12)13/h2,5,7H,3-4H2,1H3,(H,12,13). The van der Waals surface area contributed by atoms with E-state index in [0.717, 1.165) is 0 Å². The van der Waals surface area contributed by atoms with Gasteiger partial charge in [0.15, 0.2) is 0 Å². The number of carbonyl (C=O) groups is 2. The van der Waals surface area contributed by atoms with Crippen molar-refractivity contribution in [3.63, 3.8) is 0 Å². The molecule has 0 aliphatic rings. The number of aliphatic carboxylic acids is 1. The van der Waals surface area contributed by atoms with E-state index in [9.17, 15) is 9.59 Å². The summed E-state index contributed by atoms with van der Waals surface area (Å²) in [6, 6.07) is 1.69. The second kappa shape index (κ2) is 4.55. The Morgan fingerprint density at radius 3 is 2.93 bits per heavy atom. The Morgan fingerprint density at radius 1 is 1.79 bits per heavy atom. The number of aryl methyl sites for hydroxylation is 1. The molecule has 1 unspecified atom stereocenters. The van der Waals surface area contributed by atoms with Gasteiger partial charge in [-0.1, -0.05) is 5.16 Å². The predicted octanol–water partition coefficient (Wildman–Crippen LogP) is 0.815. The molecule has 0 aliphatic heterocycles. The molecule has 1 heterocycles. The minimum Gasteiger partial charge on any atom is -0.481 e. The highest BCUT2D eigenvalue weighted by Gasteiger charge is 2.14. The average molecular weight is 197 g/mol. The smallest absolute Gasteiger partial charge is 0.304 e. The maximum Gasteiger partial charge on any atom is 0.304 e. The van der Waals surface area contributed by atoms with E-state index in [0.29, 0.717) is 24.2 Å². The number of carboxylic acid groups (broad SMARTS) is 1. The molecule has 0 saturated heterocycles. The Labute approximate surface area is 80.7 Å². The van der Waals surface area contributed by atoms with Crippen molar-refractivity contribution in [1.82, 2.24) is 5.16 Å². The fourth-order valence-corrected chi connectivity index (χ4v) is 1.18. The van der Waals surface area contributed by atoms with Crippen LogP contribution < -0.4 is 0 Å². The third-order valence-corrected chi connectivity index (χ3v) is 1.78. The van der Waals surface area contributed by atoms with Crippen LogP contribution in [0.4, 0.5) is 0 Å². The van der Waals surface area contributed by atoms with Crippen LogP contribution in [0, 0.1) is 12.8 Å². The predicted molar refractivity (Wildman–Crippen MR) is 46.8 cm³/mol. The van der Waals surface area contributed by atoms with Crippen molar-refractivity contribution in [3.8, 4) is 0 Å². The summed E-state index contributed by atoms with van der Waals surface area (Å²) < 4.78 is 4.80. The maximum absolute atomic E-state index is 10.5. The molecule has 0 aromatic carbocycles. The van der Waals surface area contributed by atoms with Crippen molar-refractivity contribution >= 4 is 12.3 Å². The first-order valence-electron chi connectivity index (χ1n) is 4.21. The van der Waals surface area contributed by atoms with Crippen molar-refractivity contribution in [2.75, 3.05) is 0 Å². The highest BCUT2D eigenvalue weighted by molar-refractivity contribution is 5.71. The van der Waals surface area contributed by atoms with Gasteiger partial charge in [0.1, 0.15) is 12.0 Å². The van der Waals surface area contributed by atoms with E-state index in [2.05, 4.69) is 5.16 Å². The van der Waals surface area contributed by atoms with Gasteiger partial charge in [0.25, 0.3) is 0 Å². The molecule has 76 valence electrons. The summed E-state index contributed by atoms with van der Waals surface area (Å²) in [5, 5.41) is 12.2. The topological polar surface area (TPSA) is 80.4 Å². The molecule has 0 bridgehead atoms. The average Bonchev–Trinajstić information content (AvgIpc) is 2.49. The molecule has 0 spiro atoms. The lowest BCUT2D eigenvalue weighted by molar-refractivity contribution is -0.139. The van der Waals surface area contributed by atoms with Crippen LogP contribution in [0.15, 0.2) is 10.6 Å². The number of aldehydes is 1. The first-order chi connectivity index (χ1) is 6.61. The van der Waals surface area contributed by atoms with Gasteiger partial charge in [-0.05, 0) is 6.92 Å². The Kier molecular flexibility index (Phi) is 3.39. The maximum atomic E-state index is 10.5. The SMILES string of the molecule is Cc1cc(CC(C=O)CC(=O)O)no1. The molecule has 0 amide bonds. The van der Waals surface area contributed by atoms with Gasteiger partial charge >= 0.3 is 5.97 Å². The molecule has 0 radical (unpaired) electrons. The molecular weight excluding hydrogens is 186 g/mol. The first-order valence-corrected chi connectivity index (χ1v) is 4.21. The summed E-state index contributed by atoms with van der Waals surface area (Å²) in [6.45, 7) is 1.74. The zero-order valence-corrected chi connectivity index (χ0v) is 7.77. The third-order valence-electron chi connectivity index (χ3n) is 1.78. The van der Waals surface area contributed by atoms with Gasteiger partial charge in [-0.3, -0.25) is 4.79 Å². The van der Waals surface area contributed by atoms with E-state index >= 15 is 0 Å². The number of nitrogens with zero attached hydrogens (tertiary/aromatic N) is 1. The molecular formula is C9H11NO4. The van der Waals surface area contributed by atoms with Crippen LogP contribution in [0.1, 0.15) is 17.9 Å². The summed E-state index contributed by atoms with van der Waals surface area (Å²) in [7, 11) is 0. The molecule has 1 rings (SSSR count). The monoisotopic (exact) mass is 197 g/mol. The quantitative estimate of drug-likeness (QED) is 0.706. The molecule has 0 aliphatic carbocycles. The number of rotatable bonds is 5. The van der Waals surface area contributed by atoms with E-state index in [1.54, 1.807) is 13.0 Å². The Bertz CT molecular complexity index is 331. The third kappa shape index (κ3) is 3.01. The van der Waals surface area contributed by atoms with Gasteiger partial charge in [0.2, 0.25) is 0 Å². The number of carbonyl (C=O) groups excluding carboxylic acids is 1. The molecule has 1 aromatic rings. The summed E-state index contributed by atoms with van der Waals surface area (Å²) in [5.41, 5.74) is 0.612. The van der Waals surface area contributed by atoms with Gasteiger partial charge in [-0.25, -0.2) is 0 Å². The molecule has 1 aromatic heterocycles. The van der Waals surface area contributed by atoms with E-state index < -0.39 is 11.9 Å². The second-order valence-corrected chi connectivity index (χ2v) is 3.13. The largest absolute Gasteiger partial charge is 0.481 e. The van der Waals surface area contributed by atoms with Crippen LogP contribution >= 0.6 is 0 Å². The molecule has 0 fully saturated rings. The lowest BCUT2D eigenvalue weighted by Gasteiger charge is -2.02. The van der Waals surface area contributed by atoms with Gasteiger partial charge < -0.3 is 14.4 Å². The zero-order chi connectivity index (χ0) is 10.6. The van der Waals surface area contributed by atoms with Gasteiger partial charge in [0, 0.05) is 18.4 Å². The van der Waals surface area contributed by atoms with Gasteiger partial charge in [-0.15, -0.1) is 0 Å². The minimum atomic E-state index is -0.984. The molecule has 1 N–H and O–H groups in total. The number of hydrogen-bond donors (Lipinski definition) is 1. The Morgan fingerprint density at radius 2 is 2.50 bits per heavy atom. The zero-order valence-electron chi connectivity index (χ0n) is 7.77. The molecule has 1 atom stereocenters. The van der Waals surface area contributed by atoms with Crippen molar-refractivity contribution in [2.45, 2.75) is 19.8 Å². The summed E-state index contributed by atoms with van der Waals surface area (Å²) in [5.74, 6) is -0.862. The lowest BCUT2D eigenvalue weighted by atomic mass is 10.0. The van der Waals surface area contributed by atoms with Gasteiger partial charge in [-0.2, -0.15) is 0 Å². The molecule has 14 heavy (non-hydrogen) atoms. The van der Waals surface area contributed by atoms with Crippen LogP contribution in [0.2, 0.25) is 0 Å². The van der Waals surface area contributed by atoms with E-state index in [1.165, 1.54) is 0 Å². The molecule has 0 saturated carbocycles. The molecule has 5 nitrogen and oxygen atoms in total. The van der Waals surface area contributed by atoms with Crippen LogP contribution in [0.5, 0.6) is 0 Å². The van der Waals surface area contributed by atoms with Crippen LogP contribution in [0.3, 0.4) is 0 Å². The number of carboxylic acids is 1. The van der Waals surface area contributed by atoms with Crippen molar-refractivity contribution in [2.24, 2.45) is 5.92 Å². The number of hydrogen-bond acceptors (Lipinski definition) is 4. The van der Waals surface area contributed by atoms with Crippen molar-refractivity contribution in [3.05, 3.63) is 17.5 Å². The normalized spacial score (nSPS) is 12.4. The van der Waals surface area contributed by atoms with E-state index in [4.69, 9.17) is 9.63 Å². The number of aromatic nitrogens is 1. The van der Waals surface area contributed by atoms with Crippen molar-refractivity contribution in [1.29, 1.82) is 0 Å². The summed E-state index contributed by atoms with van der Waals surface area (Å²) >= 11 is 0. The molecule has 5 heteroatoms. The fraction of sp³-hybridized carbons (Fsp3) is 0.444. The van der Waals surface area contributed by atoms with Crippen molar-refractivity contribution < 1.29 is 19.2 Å². The van der Waals surface area contributed by atoms with Crippen LogP contribution in [0.25, 0.3) is 0 Å². The van der Waals surface area contributed by atoms with E-state index in [1.807, 2.05) is 0 Å². The highest BCUT2D eigenvalue weighted by atomic mass is 16.5. The second-order valence-electron chi connectivity index (χ2n) is 3.13. The fourth-order valence-electron chi connectivity index (χ4n) is 1.18. The van der Waals surface area contributed by atoms with E-state index in [-0.39, 0.29) is 6.42 Å².